The van der Waals surface area contributed by atoms with Crippen LogP contribution < -0.4 is 0 Å². The van der Waals surface area contributed by atoms with Crippen LogP contribution in [0.1, 0.15) is 19.3 Å². The number of hydrogen-bond acceptors (Lipinski definition) is 4. The number of aliphatic hydroxyl groups is 2. The molecule has 1 saturated heterocycles. The summed E-state index contributed by atoms with van der Waals surface area (Å²) in [6.45, 7) is 4.52. The fraction of sp³-hybridized carbons (Fsp3) is 1.00. The lowest BCUT2D eigenvalue weighted by Gasteiger charge is -2.21. The van der Waals surface area contributed by atoms with Gasteiger partial charge in [-0.05, 0) is 26.3 Å². The first-order valence-corrected chi connectivity index (χ1v) is 5.29. The van der Waals surface area contributed by atoms with Crippen LogP contribution in [0.2, 0.25) is 0 Å². The topological polar surface area (TPSA) is 52.9 Å². The maximum atomic E-state index is 8.21. The Morgan fingerprint density at radius 3 is 1.79 bits per heavy atom. The summed E-state index contributed by atoms with van der Waals surface area (Å²) in [5, 5.41) is 16.4. The lowest BCUT2D eigenvalue weighted by molar-refractivity contribution is 0.0503. The third kappa shape index (κ3) is 9.92. The summed E-state index contributed by atoms with van der Waals surface area (Å²) in [5.74, 6) is 0. The van der Waals surface area contributed by atoms with Gasteiger partial charge >= 0.3 is 0 Å². The molecule has 4 heteroatoms. The molecule has 1 aliphatic rings. The van der Waals surface area contributed by atoms with Gasteiger partial charge in [0.25, 0.3) is 0 Å². The van der Waals surface area contributed by atoms with Gasteiger partial charge < -0.3 is 19.8 Å². The van der Waals surface area contributed by atoms with Crippen LogP contribution in [0.15, 0.2) is 0 Å². The van der Waals surface area contributed by atoms with Crippen LogP contribution >= 0.6 is 0 Å². The number of nitrogens with zero attached hydrogens (tertiary/aromatic N) is 1. The number of unbranched alkanes of at least 4 members (excludes halogenated alkanes) is 2. The van der Waals surface area contributed by atoms with E-state index in [9.17, 15) is 0 Å². The Labute approximate surface area is 86.5 Å². The van der Waals surface area contributed by atoms with Gasteiger partial charge in [0.15, 0.2) is 0 Å². The van der Waals surface area contributed by atoms with E-state index in [0.717, 1.165) is 45.6 Å². The molecule has 0 aromatic heterocycles. The predicted molar refractivity (Wildman–Crippen MR) is 56.3 cm³/mol. The summed E-state index contributed by atoms with van der Waals surface area (Å²) >= 11 is 0. The summed E-state index contributed by atoms with van der Waals surface area (Å²) in [5.41, 5.74) is 0. The highest BCUT2D eigenvalue weighted by atomic mass is 16.5. The summed E-state index contributed by atoms with van der Waals surface area (Å²) in [4.78, 5) is 2.27. The van der Waals surface area contributed by atoms with Gasteiger partial charge in [-0.15, -0.1) is 0 Å². The van der Waals surface area contributed by atoms with Crippen molar-refractivity contribution in [2.75, 3.05) is 46.6 Å². The van der Waals surface area contributed by atoms with E-state index >= 15 is 0 Å². The molecular weight excluding hydrogens is 182 g/mol. The molecule has 0 unspecified atom stereocenters. The van der Waals surface area contributed by atoms with Crippen LogP contribution in [-0.4, -0.2) is 61.7 Å². The number of aliphatic hydroxyl groups excluding tert-OH is 2. The summed E-state index contributed by atoms with van der Waals surface area (Å²) in [7, 11) is 2.11. The summed E-state index contributed by atoms with van der Waals surface area (Å²) in [6.07, 6.45) is 2.58. The Morgan fingerprint density at radius 1 is 1.00 bits per heavy atom. The molecule has 0 saturated carbocycles. The van der Waals surface area contributed by atoms with Gasteiger partial charge in [0, 0.05) is 26.3 Å². The molecule has 1 rings (SSSR count). The molecule has 1 heterocycles. The van der Waals surface area contributed by atoms with E-state index in [0.29, 0.717) is 0 Å². The van der Waals surface area contributed by atoms with E-state index in [1.807, 2.05) is 0 Å². The quantitative estimate of drug-likeness (QED) is 0.639. The monoisotopic (exact) mass is 205 g/mol. The first-order valence-electron chi connectivity index (χ1n) is 5.29. The lowest BCUT2D eigenvalue weighted by Crippen LogP contribution is -2.32. The molecule has 0 radical (unpaired) electrons. The Morgan fingerprint density at radius 2 is 1.50 bits per heavy atom. The molecule has 86 valence electrons. The third-order valence-corrected chi connectivity index (χ3v) is 2.05. The number of morpholine rings is 1. The largest absolute Gasteiger partial charge is 0.396 e. The second-order valence-electron chi connectivity index (χ2n) is 3.42. The molecule has 0 amide bonds. The smallest absolute Gasteiger partial charge is 0.0594 e. The SMILES string of the molecule is CN1CCOCC1.OCCCCCO. The van der Waals surface area contributed by atoms with E-state index < -0.39 is 0 Å². The molecule has 0 aromatic rings. The zero-order valence-electron chi connectivity index (χ0n) is 9.11. The fourth-order valence-corrected chi connectivity index (χ4v) is 1.06. The minimum absolute atomic E-state index is 0.250. The average molecular weight is 205 g/mol. The molecule has 14 heavy (non-hydrogen) atoms. The molecule has 1 aliphatic heterocycles. The minimum Gasteiger partial charge on any atom is -0.396 e. The maximum absolute atomic E-state index is 8.21. The van der Waals surface area contributed by atoms with Crippen molar-refractivity contribution >= 4 is 0 Å². The third-order valence-electron chi connectivity index (χ3n) is 2.05. The number of hydrogen-bond donors (Lipinski definition) is 2. The maximum Gasteiger partial charge on any atom is 0.0594 e. The highest BCUT2D eigenvalue weighted by Gasteiger charge is 2.02. The molecular formula is C10H23NO3. The van der Waals surface area contributed by atoms with Gasteiger partial charge in [-0.1, -0.05) is 0 Å². The zero-order valence-corrected chi connectivity index (χ0v) is 9.11. The highest BCUT2D eigenvalue weighted by Crippen LogP contribution is 1.90. The number of rotatable bonds is 4. The molecule has 0 aliphatic carbocycles. The average Bonchev–Trinajstić information content (AvgIpc) is 2.21. The fourth-order valence-electron chi connectivity index (χ4n) is 1.06. The van der Waals surface area contributed by atoms with Crippen molar-refractivity contribution in [3.63, 3.8) is 0 Å². The van der Waals surface area contributed by atoms with Crippen LogP contribution in [0, 0.1) is 0 Å². The van der Waals surface area contributed by atoms with Gasteiger partial charge in [-0.2, -0.15) is 0 Å². The molecule has 0 spiro atoms. The van der Waals surface area contributed by atoms with Crippen molar-refractivity contribution in [2.24, 2.45) is 0 Å². The van der Waals surface area contributed by atoms with Crippen molar-refractivity contribution in [1.82, 2.24) is 4.90 Å². The molecule has 0 aromatic carbocycles. The summed E-state index contributed by atoms with van der Waals surface area (Å²) in [6, 6.07) is 0. The van der Waals surface area contributed by atoms with Gasteiger partial charge in [0.2, 0.25) is 0 Å². The number of ether oxygens (including phenoxy) is 1. The van der Waals surface area contributed by atoms with Crippen LogP contribution in [0.25, 0.3) is 0 Å². The van der Waals surface area contributed by atoms with E-state index in [1.54, 1.807) is 0 Å². The standard InChI is InChI=1S/C5H11NO.C5H12O2/c1-6-2-4-7-5-3-6;6-4-2-1-3-5-7/h2-5H2,1H3;6-7H,1-5H2. The van der Waals surface area contributed by atoms with Gasteiger partial charge in [-0.3, -0.25) is 0 Å². The minimum atomic E-state index is 0.250. The predicted octanol–water partition coefficient (Wildman–Crippen LogP) is 0.0897. The van der Waals surface area contributed by atoms with E-state index in [1.165, 1.54) is 0 Å². The second kappa shape index (κ2) is 10.9. The van der Waals surface area contributed by atoms with Gasteiger partial charge in [0.05, 0.1) is 13.2 Å². The molecule has 1 fully saturated rings. The second-order valence-corrected chi connectivity index (χ2v) is 3.42. The van der Waals surface area contributed by atoms with Crippen LogP contribution in [0.4, 0.5) is 0 Å². The van der Waals surface area contributed by atoms with E-state index in [2.05, 4.69) is 11.9 Å². The molecule has 2 N–H and O–H groups in total. The van der Waals surface area contributed by atoms with Crippen molar-refractivity contribution in [2.45, 2.75) is 19.3 Å². The summed E-state index contributed by atoms with van der Waals surface area (Å²) < 4.78 is 5.10. The van der Waals surface area contributed by atoms with Crippen LogP contribution in [-0.2, 0) is 4.74 Å². The van der Waals surface area contributed by atoms with Gasteiger partial charge in [0.1, 0.15) is 0 Å². The van der Waals surface area contributed by atoms with Crippen molar-refractivity contribution in [3.8, 4) is 0 Å². The van der Waals surface area contributed by atoms with Crippen molar-refractivity contribution in [1.29, 1.82) is 0 Å². The molecule has 0 bridgehead atoms. The number of likely N-dealkylation sites (N-methyl/N-ethyl adjacent to an activating group) is 1. The van der Waals surface area contributed by atoms with Crippen LogP contribution in [0.5, 0.6) is 0 Å². The first kappa shape index (κ1) is 13.8. The normalized spacial score (nSPS) is 17.4. The highest BCUT2D eigenvalue weighted by molar-refractivity contribution is 4.53. The zero-order chi connectivity index (χ0) is 10.6. The Balaban J connectivity index is 0.000000241. The van der Waals surface area contributed by atoms with Gasteiger partial charge in [-0.25, -0.2) is 0 Å². The Kier molecular flexibility index (Phi) is 10.8. The first-order chi connectivity index (χ1) is 6.81. The molecule has 4 nitrogen and oxygen atoms in total. The Hall–Kier alpha value is -0.160. The van der Waals surface area contributed by atoms with Crippen molar-refractivity contribution in [3.05, 3.63) is 0 Å². The van der Waals surface area contributed by atoms with Crippen molar-refractivity contribution < 1.29 is 14.9 Å². The van der Waals surface area contributed by atoms with E-state index in [4.69, 9.17) is 14.9 Å². The van der Waals surface area contributed by atoms with Crippen LogP contribution in [0.3, 0.4) is 0 Å². The molecule has 0 atom stereocenters. The Bertz CT molecular complexity index is 102. The lowest BCUT2D eigenvalue weighted by atomic mass is 10.2. The van der Waals surface area contributed by atoms with E-state index in [-0.39, 0.29) is 13.2 Å².